The van der Waals surface area contributed by atoms with Crippen LogP contribution in [0.15, 0.2) is 5.57 Å². The molecule has 0 aromatic rings. The molecule has 0 saturated heterocycles. The number of carboxylic acid groups (broad SMARTS) is 1. The summed E-state index contributed by atoms with van der Waals surface area (Å²) in [5, 5.41) is 11.5. The Hall–Kier alpha value is -1.81. The minimum Gasteiger partial charge on any atom is -0.481 e. The molecule has 1 saturated carbocycles. The molecule has 0 aliphatic heterocycles. The first-order valence-electron chi connectivity index (χ1n) is 7.16. The van der Waals surface area contributed by atoms with Gasteiger partial charge in [-0.2, -0.15) is 0 Å². The summed E-state index contributed by atoms with van der Waals surface area (Å²) in [5.74, 6) is 0.770. The summed E-state index contributed by atoms with van der Waals surface area (Å²) >= 11 is 0. The average Bonchev–Trinajstić information content (AvgIpc) is 2.38. The second-order valence-electron chi connectivity index (χ2n) is 6.37. The number of ether oxygens (including phenoxy) is 1. The molecule has 1 fully saturated rings. The molecule has 1 amide bonds. The normalized spacial score (nSPS) is 22.0. The van der Waals surface area contributed by atoms with Crippen molar-refractivity contribution in [1.29, 1.82) is 0 Å². The summed E-state index contributed by atoms with van der Waals surface area (Å²) in [7, 11) is 0. The number of alkyl carbamates (subject to hydrolysis) is 1. The molecule has 1 aliphatic rings. The van der Waals surface area contributed by atoms with Crippen molar-refractivity contribution >= 4 is 18.0 Å². The molecule has 1 rings (SSSR count). The van der Waals surface area contributed by atoms with E-state index in [0.29, 0.717) is 31.3 Å². The van der Waals surface area contributed by atoms with E-state index in [9.17, 15) is 14.4 Å². The number of carboxylic acids is 1. The van der Waals surface area contributed by atoms with Crippen LogP contribution in [0.3, 0.4) is 0 Å². The van der Waals surface area contributed by atoms with Crippen molar-refractivity contribution < 1.29 is 24.2 Å². The topological polar surface area (TPSA) is 92.7 Å². The maximum absolute atomic E-state index is 11.5. The third-order valence-electron chi connectivity index (χ3n) is 3.52. The molecule has 0 heterocycles. The van der Waals surface area contributed by atoms with Crippen LogP contribution >= 0.6 is 0 Å². The standard InChI is InChI=1S/C15H23NO5/c1-15(2,3)21-14(20)16-8-12(9-17)10-4-6-11(7-5-10)13(18)19/h10-11H,4-8H2,1-3H3,(H,16,20)(H,18,19). The second-order valence-corrected chi connectivity index (χ2v) is 6.37. The molecule has 0 radical (unpaired) electrons. The van der Waals surface area contributed by atoms with E-state index in [1.54, 1.807) is 20.8 Å². The van der Waals surface area contributed by atoms with Gasteiger partial charge in [0.25, 0.3) is 0 Å². The molecule has 0 unspecified atom stereocenters. The average molecular weight is 297 g/mol. The van der Waals surface area contributed by atoms with Gasteiger partial charge in [0.2, 0.25) is 0 Å². The Morgan fingerprint density at radius 1 is 1.19 bits per heavy atom. The van der Waals surface area contributed by atoms with Gasteiger partial charge < -0.3 is 15.2 Å². The molecule has 0 atom stereocenters. The lowest BCUT2D eigenvalue weighted by molar-refractivity contribution is -0.143. The number of carbonyl (C=O) groups excluding carboxylic acids is 2. The third-order valence-corrected chi connectivity index (χ3v) is 3.52. The molecule has 0 spiro atoms. The van der Waals surface area contributed by atoms with Crippen molar-refractivity contribution in [2.45, 2.75) is 52.1 Å². The van der Waals surface area contributed by atoms with Gasteiger partial charge in [-0.05, 0) is 52.4 Å². The van der Waals surface area contributed by atoms with Gasteiger partial charge in [-0.3, -0.25) is 4.79 Å². The van der Waals surface area contributed by atoms with Crippen molar-refractivity contribution in [3.63, 3.8) is 0 Å². The third kappa shape index (κ3) is 6.00. The van der Waals surface area contributed by atoms with E-state index in [1.165, 1.54) is 0 Å². The van der Waals surface area contributed by atoms with E-state index in [-0.39, 0.29) is 18.4 Å². The van der Waals surface area contributed by atoms with E-state index in [1.807, 2.05) is 5.94 Å². The number of rotatable bonds is 4. The van der Waals surface area contributed by atoms with Crippen molar-refractivity contribution in [3.8, 4) is 0 Å². The highest BCUT2D eigenvalue weighted by Crippen LogP contribution is 2.32. The fraction of sp³-hybridized carbons (Fsp3) is 0.733. The van der Waals surface area contributed by atoms with E-state index < -0.39 is 17.7 Å². The number of hydrogen-bond acceptors (Lipinski definition) is 4. The highest BCUT2D eigenvalue weighted by molar-refractivity contribution is 5.70. The van der Waals surface area contributed by atoms with Gasteiger partial charge in [0.1, 0.15) is 11.5 Å². The van der Waals surface area contributed by atoms with Crippen molar-refractivity contribution in [3.05, 3.63) is 5.57 Å². The maximum Gasteiger partial charge on any atom is 0.407 e. The zero-order valence-electron chi connectivity index (χ0n) is 12.8. The molecule has 2 N–H and O–H groups in total. The van der Waals surface area contributed by atoms with E-state index in [2.05, 4.69) is 5.32 Å². The first-order chi connectivity index (χ1) is 9.73. The molecule has 6 nitrogen and oxygen atoms in total. The molecule has 0 aromatic carbocycles. The van der Waals surface area contributed by atoms with Gasteiger partial charge in [0, 0.05) is 5.57 Å². The number of hydrogen-bond donors (Lipinski definition) is 2. The van der Waals surface area contributed by atoms with Crippen LogP contribution < -0.4 is 5.32 Å². The van der Waals surface area contributed by atoms with Crippen LogP contribution in [0.1, 0.15) is 46.5 Å². The summed E-state index contributed by atoms with van der Waals surface area (Å²) in [5.41, 5.74) is -0.112. The second kappa shape index (κ2) is 7.27. The van der Waals surface area contributed by atoms with Crippen molar-refractivity contribution in [2.75, 3.05) is 6.54 Å². The molecule has 1 aliphatic carbocycles. The van der Waals surface area contributed by atoms with Gasteiger partial charge in [-0.15, -0.1) is 0 Å². The van der Waals surface area contributed by atoms with Gasteiger partial charge in [0.15, 0.2) is 0 Å². The molecule has 6 heteroatoms. The molecule has 0 aromatic heterocycles. The zero-order valence-corrected chi connectivity index (χ0v) is 12.8. The van der Waals surface area contributed by atoms with E-state index in [4.69, 9.17) is 9.84 Å². The Kier molecular flexibility index (Phi) is 5.97. The highest BCUT2D eigenvalue weighted by Gasteiger charge is 2.28. The van der Waals surface area contributed by atoms with Crippen LogP contribution in [-0.4, -0.2) is 35.3 Å². The summed E-state index contributed by atoms with van der Waals surface area (Å²) in [6, 6.07) is 0. The van der Waals surface area contributed by atoms with E-state index in [0.717, 1.165) is 0 Å². The number of aliphatic carboxylic acids is 1. The van der Waals surface area contributed by atoms with Crippen molar-refractivity contribution in [2.24, 2.45) is 11.8 Å². The van der Waals surface area contributed by atoms with Crippen LogP contribution in [-0.2, 0) is 14.3 Å². The predicted molar refractivity (Wildman–Crippen MR) is 76.5 cm³/mol. The Labute approximate surface area is 124 Å². The van der Waals surface area contributed by atoms with Crippen LogP contribution in [0.4, 0.5) is 4.79 Å². The maximum atomic E-state index is 11.5. The van der Waals surface area contributed by atoms with Crippen LogP contribution in [0.5, 0.6) is 0 Å². The number of amides is 1. The summed E-state index contributed by atoms with van der Waals surface area (Å²) in [6.07, 6.45) is 1.80. The smallest absolute Gasteiger partial charge is 0.407 e. The SMILES string of the molecule is CC(C)(C)OC(=O)NCC(=C=O)C1CCC(C(=O)O)CC1. The van der Waals surface area contributed by atoms with E-state index >= 15 is 0 Å². The zero-order chi connectivity index (χ0) is 16.0. The van der Waals surface area contributed by atoms with Crippen LogP contribution in [0, 0.1) is 11.8 Å². The summed E-state index contributed by atoms with van der Waals surface area (Å²) in [6.45, 7) is 5.38. The van der Waals surface area contributed by atoms with Gasteiger partial charge in [-0.25, -0.2) is 9.59 Å². The number of carbonyl (C=O) groups is 2. The first-order valence-corrected chi connectivity index (χ1v) is 7.16. The largest absolute Gasteiger partial charge is 0.481 e. The minimum absolute atomic E-state index is 0.00645. The first kappa shape index (κ1) is 17.2. The van der Waals surface area contributed by atoms with Crippen LogP contribution in [0.2, 0.25) is 0 Å². The molecular formula is C15H23NO5. The lowest BCUT2D eigenvalue weighted by Gasteiger charge is -2.27. The summed E-state index contributed by atoms with van der Waals surface area (Å²) < 4.78 is 5.10. The lowest BCUT2D eigenvalue weighted by atomic mass is 9.79. The van der Waals surface area contributed by atoms with Gasteiger partial charge in [-0.1, -0.05) is 0 Å². The fourth-order valence-electron chi connectivity index (χ4n) is 2.43. The fourth-order valence-corrected chi connectivity index (χ4v) is 2.43. The monoisotopic (exact) mass is 297 g/mol. The van der Waals surface area contributed by atoms with Crippen molar-refractivity contribution in [1.82, 2.24) is 5.32 Å². The van der Waals surface area contributed by atoms with Crippen LogP contribution in [0.25, 0.3) is 0 Å². The Bertz CT molecular complexity index is 437. The van der Waals surface area contributed by atoms with Gasteiger partial charge >= 0.3 is 12.1 Å². The molecule has 21 heavy (non-hydrogen) atoms. The lowest BCUT2D eigenvalue weighted by Crippen LogP contribution is -2.35. The Balaban J connectivity index is 2.45. The van der Waals surface area contributed by atoms with Gasteiger partial charge in [0.05, 0.1) is 12.5 Å². The Morgan fingerprint density at radius 3 is 2.14 bits per heavy atom. The quantitative estimate of drug-likeness (QED) is 0.776. The predicted octanol–water partition coefficient (Wildman–Crippen LogP) is 2.16. The minimum atomic E-state index is -0.781. The molecule has 118 valence electrons. The highest BCUT2D eigenvalue weighted by atomic mass is 16.6. The molecular weight excluding hydrogens is 274 g/mol. The summed E-state index contributed by atoms with van der Waals surface area (Å²) in [4.78, 5) is 33.5. The number of nitrogens with one attached hydrogen (secondary N) is 1. The molecule has 0 bridgehead atoms. The Morgan fingerprint density at radius 2 is 1.71 bits per heavy atom.